The number of hydrogen-bond donors (Lipinski definition) is 4. The molecule has 0 aliphatic carbocycles. The van der Waals surface area contributed by atoms with Gasteiger partial charge in [-0.25, -0.2) is 5.48 Å². The third kappa shape index (κ3) is 8.09. The number of benzene rings is 2. The highest BCUT2D eigenvalue weighted by Crippen LogP contribution is 2.23. The van der Waals surface area contributed by atoms with Crippen LogP contribution in [0, 0.1) is 12.3 Å². The number of aryl methyl sites for hydroxylation is 1. The lowest BCUT2D eigenvalue weighted by Gasteiger charge is -2.27. The number of hydrogen-bond acceptors (Lipinski definition) is 9. The lowest BCUT2D eigenvalue weighted by Crippen LogP contribution is -2.31. The Bertz CT molecular complexity index is 1150. The van der Waals surface area contributed by atoms with E-state index in [1.54, 1.807) is 12.1 Å². The molecule has 4 N–H and O–H groups in total. The van der Waals surface area contributed by atoms with E-state index in [0.29, 0.717) is 42.2 Å². The summed E-state index contributed by atoms with van der Waals surface area (Å²) in [5.74, 6) is 1.05. The molecule has 3 aromatic rings. The Balaban J connectivity index is 1.81. The molecular formula is C26H36N8O2. The van der Waals surface area contributed by atoms with Crippen LogP contribution in [0.25, 0.3) is 0 Å². The molecule has 0 saturated heterocycles. The zero-order valence-corrected chi connectivity index (χ0v) is 21.8. The van der Waals surface area contributed by atoms with Crippen LogP contribution < -0.4 is 26.3 Å². The average Bonchev–Trinajstić information content (AvgIpc) is 2.83. The molecule has 10 heteroatoms. The van der Waals surface area contributed by atoms with Gasteiger partial charge in [-0.05, 0) is 42.2 Å². The van der Waals surface area contributed by atoms with E-state index in [1.165, 1.54) is 7.11 Å². The molecule has 1 aromatic heterocycles. The van der Waals surface area contributed by atoms with Gasteiger partial charge in [0, 0.05) is 43.6 Å². The molecule has 1 amide bonds. The number of aromatic nitrogens is 3. The number of nitrogens with one attached hydrogen (secondary N) is 4. The van der Waals surface area contributed by atoms with Crippen molar-refractivity contribution in [3.8, 4) is 0 Å². The Morgan fingerprint density at radius 1 is 0.972 bits per heavy atom. The van der Waals surface area contributed by atoms with Gasteiger partial charge in [0.25, 0.3) is 5.91 Å². The highest BCUT2D eigenvalue weighted by atomic mass is 16.6. The van der Waals surface area contributed by atoms with E-state index in [1.807, 2.05) is 55.3 Å². The van der Waals surface area contributed by atoms with Crippen molar-refractivity contribution in [2.45, 2.75) is 27.7 Å². The Morgan fingerprint density at radius 3 is 2.36 bits per heavy atom. The van der Waals surface area contributed by atoms with Crippen LogP contribution >= 0.6 is 0 Å². The minimum atomic E-state index is -0.338. The molecule has 0 aliphatic heterocycles. The normalized spacial score (nSPS) is 11.1. The van der Waals surface area contributed by atoms with Crippen molar-refractivity contribution in [3.05, 3.63) is 59.7 Å². The Kier molecular flexibility index (Phi) is 9.02. The van der Waals surface area contributed by atoms with Crippen LogP contribution in [0.3, 0.4) is 0 Å². The van der Waals surface area contributed by atoms with Gasteiger partial charge in [0.05, 0.1) is 7.11 Å². The molecule has 36 heavy (non-hydrogen) atoms. The van der Waals surface area contributed by atoms with Gasteiger partial charge >= 0.3 is 0 Å². The summed E-state index contributed by atoms with van der Waals surface area (Å²) >= 11 is 0. The molecule has 3 rings (SSSR count). The summed E-state index contributed by atoms with van der Waals surface area (Å²) in [6.07, 6.45) is 0. The van der Waals surface area contributed by atoms with Crippen molar-refractivity contribution >= 4 is 35.1 Å². The third-order valence-corrected chi connectivity index (χ3v) is 5.13. The van der Waals surface area contributed by atoms with Crippen molar-refractivity contribution in [1.82, 2.24) is 20.4 Å². The maximum absolute atomic E-state index is 12.2. The number of carbonyl (C=O) groups is 1. The summed E-state index contributed by atoms with van der Waals surface area (Å²) < 4.78 is 0. The minimum absolute atomic E-state index is 0.0573. The van der Waals surface area contributed by atoms with Gasteiger partial charge in [-0.15, -0.1) is 0 Å². The number of anilines is 5. The second-order valence-electron chi connectivity index (χ2n) is 9.71. The monoisotopic (exact) mass is 492 g/mol. The van der Waals surface area contributed by atoms with Gasteiger partial charge in [-0.1, -0.05) is 45.0 Å². The summed E-state index contributed by atoms with van der Waals surface area (Å²) in [5.41, 5.74) is 5.55. The van der Waals surface area contributed by atoms with E-state index in [4.69, 9.17) is 4.84 Å². The van der Waals surface area contributed by atoms with Crippen LogP contribution in [0.1, 0.15) is 36.7 Å². The fourth-order valence-electron chi connectivity index (χ4n) is 3.56. The standard InChI is InChI=1S/C26H36N8O2/c1-18-12-13-19(22(35)33-36-6)16-21(18)29-24-30-23(28-15-14-27-20-10-8-7-9-11-20)31-25(32-24)34(5)17-26(2,3)4/h7-13,16,27H,14-15,17H2,1-6H3,(H,33,35)(H2,28,29,30,31,32). The maximum atomic E-state index is 12.2. The van der Waals surface area contributed by atoms with Crippen molar-refractivity contribution in [3.63, 3.8) is 0 Å². The molecule has 0 aliphatic rings. The second kappa shape index (κ2) is 12.2. The lowest BCUT2D eigenvalue weighted by molar-refractivity contribution is 0.0537. The minimum Gasteiger partial charge on any atom is -0.383 e. The highest BCUT2D eigenvalue weighted by Gasteiger charge is 2.18. The predicted molar refractivity (Wildman–Crippen MR) is 145 cm³/mol. The molecule has 0 spiro atoms. The Labute approximate surface area is 212 Å². The zero-order chi connectivity index (χ0) is 26.1. The van der Waals surface area contributed by atoms with E-state index in [0.717, 1.165) is 17.8 Å². The summed E-state index contributed by atoms with van der Waals surface area (Å²) in [4.78, 5) is 32.8. The van der Waals surface area contributed by atoms with Crippen molar-refractivity contribution in [2.24, 2.45) is 5.41 Å². The average molecular weight is 493 g/mol. The van der Waals surface area contributed by atoms with Crippen LogP contribution in [-0.4, -0.2) is 54.7 Å². The molecule has 0 bridgehead atoms. The van der Waals surface area contributed by atoms with E-state index >= 15 is 0 Å². The largest absolute Gasteiger partial charge is 0.383 e. The first-order chi connectivity index (χ1) is 17.1. The van der Waals surface area contributed by atoms with Crippen LogP contribution in [0.2, 0.25) is 0 Å². The number of para-hydroxylation sites is 1. The first kappa shape index (κ1) is 26.7. The van der Waals surface area contributed by atoms with Crippen molar-refractivity contribution in [1.29, 1.82) is 0 Å². The van der Waals surface area contributed by atoms with Crippen LogP contribution in [0.4, 0.5) is 29.2 Å². The highest BCUT2D eigenvalue weighted by molar-refractivity contribution is 5.94. The molecule has 0 fully saturated rings. The number of hydroxylamine groups is 1. The Morgan fingerprint density at radius 2 is 1.67 bits per heavy atom. The van der Waals surface area contributed by atoms with Gasteiger partial charge in [-0.2, -0.15) is 15.0 Å². The SMILES string of the molecule is CONC(=O)c1ccc(C)c(Nc2nc(NCCNc3ccccc3)nc(N(C)CC(C)(C)C)n2)c1. The van der Waals surface area contributed by atoms with Crippen molar-refractivity contribution in [2.75, 3.05) is 54.6 Å². The first-order valence-corrected chi connectivity index (χ1v) is 11.9. The fraction of sp³-hybridized carbons (Fsp3) is 0.385. The number of rotatable bonds is 11. The van der Waals surface area contributed by atoms with Gasteiger partial charge in [0.1, 0.15) is 0 Å². The second-order valence-corrected chi connectivity index (χ2v) is 9.71. The Hall–Kier alpha value is -3.92. The van der Waals surface area contributed by atoms with Gasteiger partial charge in [-0.3, -0.25) is 9.63 Å². The summed E-state index contributed by atoms with van der Waals surface area (Å²) in [6.45, 7) is 10.5. The van der Waals surface area contributed by atoms with Crippen LogP contribution in [0.15, 0.2) is 48.5 Å². The predicted octanol–water partition coefficient (Wildman–Crippen LogP) is 4.22. The molecule has 192 valence electrons. The van der Waals surface area contributed by atoms with Crippen LogP contribution in [0.5, 0.6) is 0 Å². The number of amides is 1. The lowest BCUT2D eigenvalue weighted by atomic mass is 9.96. The summed E-state index contributed by atoms with van der Waals surface area (Å²) in [5, 5.41) is 9.91. The summed E-state index contributed by atoms with van der Waals surface area (Å²) in [7, 11) is 3.36. The summed E-state index contributed by atoms with van der Waals surface area (Å²) in [6, 6.07) is 15.3. The van der Waals surface area contributed by atoms with Gasteiger partial charge in [0.15, 0.2) is 0 Å². The topological polar surface area (TPSA) is 116 Å². The quantitative estimate of drug-likeness (QED) is 0.231. The molecule has 0 atom stereocenters. The third-order valence-electron chi connectivity index (χ3n) is 5.13. The van der Waals surface area contributed by atoms with E-state index < -0.39 is 0 Å². The molecular weight excluding hydrogens is 456 g/mol. The maximum Gasteiger partial charge on any atom is 0.274 e. The molecule has 2 aromatic carbocycles. The smallest absolute Gasteiger partial charge is 0.274 e. The fourth-order valence-corrected chi connectivity index (χ4v) is 3.56. The molecule has 1 heterocycles. The first-order valence-electron chi connectivity index (χ1n) is 11.9. The van der Waals surface area contributed by atoms with E-state index in [-0.39, 0.29) is 11.3 Å². The molecule has 0 unspecified atom stereocenters. The number of carbonyl (C=O) groups excluding carboxylic acids is 1. The van der Waals surface area contributed by atoms with Crippen LogP contribution in [-0.2, 0) is 4.84 Å². The van der Waals surface area contributed by atoms with E-state index in [9.17, 15) is 4.79 Å². The zero-order valence-electron chi connectivity index (χ0n) is 21.8. The van der Waals surface area contributed by atoms with Crippen molar-refractivity contribution < 1.29 is 9.63 Å². The molecule has 10 nitrogen and oxygen atoms in total. The van der Waals surface area contributed by atoms with Gasteiger partial charge < -0.3 is 20.9 Å². The molecule has 0 saturated carbocycles. The van der Waals surface area contributed by atoms with Gasteiger partial charge in [0.2, 0.25) is 17.8 Å². The molecule has 0 radical (unpaired) electrons. The number of nitrogens with zero attached hydrogens (tertiary/aromatic N) is 4. The van der Waals surface area contributed by atoms with E-state index in [2.05, 4.69) is 57.2 Å².